The highest BCUT2D eigenvalue weighted by Crippen LogP contribution is 2.31. The third-order valence-electron chi connectivity index (χ3n) is 5.97. The van der Waals surface area contributed by atoms with Crippen molar-refractivity contribution >= 4 is 44.4 Å². The van der Waals surface area contributed by atoms with E-state index >= 15 is 0 Å². The number of nitro benzene ring substituents is 1. The Bertz CT molecular complexity index is 1160. The van der Waals surface area contributed by atoms with Crippen LogP contribution in [0.1, 0.15) is 23.1 Å². The monoisotopic (exact) mass is 480 g/mol. The fourth-order valence-corrected chi connectivity index (χ4v) is 4.90. The van der Waals surface area contributed by atoms with Gasteiger partial charge in [0.1, 0.15) is 0 Å². The molecular formula is C25H28N4O4S. The van der Waals surface area contributed by atoms with E-state index in [1.54, 1.807) is 23.1 Å². The number of thiazole rings is 1. The Morgan fingerprint density at radius 2 is 1.91 bits per heavy atom. The molecule has 0 radical (unpaired) electrons. The molecule has 0 N–H and O–H groups in total. The lowest BCUT2D eigenvalue weighted by atomic mass is 10.1. The van der Waals surface area contributed by atoms with E-state index in [9.17, 15) is 14.9 Å². The number of non-ortho nitro benzene ring substituents is 1. The summed E-state index contributed by atoms with van der Waals surface area (Å²) in [5.41, 5.74) is 4.02. The van der Waals surface area contributed by atoms with Crippen LogP contribution < -0.4 is 4.90 Å². The molecule has 2 heterocycles. The maximum atomic E-state index is 13.2. The van der Waals surface area contributed by atoms with Crippen LogP contribution in [0.4, 0.5) is 10.8 Å². The number of aryl methyl sites for hydroxylation is 2. The Morgan fingerprint density at radius 3 is 2.62 bits per heavy atom. The summed E-state index contributed by atoms with van der Waals surface area (Å²) >= 11 is 1.52. The van der Waals surface area contributed by atoms with E-state index in [-0.39, 0.29) is 11.6 Å². The molecule has 1 fully saturated rings. The first-order valence-corrected chi connectivity index (χ1v) is 12.1. The van der Waals surface area contributed by atoms with Crippen molar-refractivity contribution in [2.75, 3.05) is 44.3 Å². The summed E-state index contributed by atoms with van der Waals surface area (Å²) in [5, 5.41) is 11.5. The second kappa shape index (κ2) is 10.9. The van der Waals surface area contributed by atoms with Crippen LogP contribution in [-0.2, 0) is 9.53 Å². The molecule has 178 valence electrons. The number of hydrogen-bond donors (Lipinski definition) is 0. The molecule has 0 unspecified atom stereocenters. The van der Waals surface area contributed by atoms with Crippen molar-refractivity contribution in [2.45, 2.75) is 20.3 Å². The number of carbonyl (C=O) groups excluding carboxylic acids is 1. The summed E-state index contributed by atoms with van der Waals surface area (Å²) in [6.07, 6.45) is 4.02. The molecule has 0 spiro atoms. The Hall–Kier alpha value is -3.14. The number of nitro groups is 1. The van der Waals surface area contributed by atoms with Gasteiger partial charge < -0.3 is 4.74 Å². The zero-order chi connectivity index (χ0) is 24.1. The fourth-order valence-electron chi connectivity index (χ4n) is 3.83. The van der Waals surface area contributed by atoms with Crippen LogP contribution in [0.2, 0.25) is 0 Å². The smallest absolute Gasteiger partial charge is 0.269 e. The van der Waals surface area contributed by atoms with Gasteiger partial charge in [-0.2, -0.15) is 0 Å². The molecule has 4 rings (SSSR count). The van der Waals surface area contributed by atoms with Gasteiger partial charge in [-0.05, 0) is 67.3 Å². The molecule has 8 nitrogen and oxygen atoms in total. The normalized spacial score (nSPS) is 14.6. The maximum absolute atomic E-state index is 13.2. The number of fused-ring (bicyclic) bond motifs is 1. The van der Waals surface area contributed by atoms with Gasteiger partial charge in [0.2, 0.25) is 0 Å². The van der Waals surface area contributed by atoms with Crippen LogP contribution in [0.3, 0.4) is 0 Å². The predicted octanol–water partition coefficient (Wildman–Crippen LogP) is 4.59. The minimum absolute atomic E-state index is 0.0216. The quantitative estimate of drug-likeness (QED) is 0.266. The van der Waals surface area contributed by atoms with Gasteiger partial charge in [0, 0.05) is 44.4 Å². The molecule has 1 aliphatic heterocycles. The topological polar surface area (TPSA) is 88.8 Å². The summed E-state index contributed by atoms with van der Waals surface area (Å²) in [6, 6.07) is 10.3. The fraction of sp³-hybridized carbons (Fsp3) is 0.360. The van der Waals surface area contributed by atoms with E-state index in [1.807, 2.05) is 0 Å². The first kappa shape index (κ1) is 24.0. The van der Waals surface area contributed by atoms with E-state index in [0.717, 1.165) is 55.0 Å². The van der Waals surface area contributed by atoms with E-state index in [1.165, 1.54) is 40.7 Å². The molecule has 1 aliphatic rings. The Morgan fingerprint density at radius 1 is 1.21 bits per heavy atom. The van der Waals surface area contributed by atoms with Gasteiger partial charge in [-0.15, -0.1) is 0 Å². The van der Waals surface area contributed by atoms with Crippen molar-refractivity contribution in [3.8, 4) is 0 Å². The number of benzene rings is 2. The number of amides is 1. The maximum Gasteiger partial charge on any atom is 0.269 e. The first-order valence-electron chi connectivity index (χ1n) is 11.3. The first-order chi connectivity index (χ1) is 16.4. The van der Waals surface area contributed by atoms with Crippen LogP contribution in [0.25, 0.3) is 16.3 Å². The lowest BCUT2D eigenvalue weighted by Gasteiger charge is -2.27. The molecule has 0 atom stereocenters. The summed E-state index contributed by atoms with van der Waals surface area (Å²) in [7, 11) is 0. The Labute approximate surface area is 202 Å². The van der Waals surface area contributed by atoms with Crippen molar-refractivity contribution < 1.29 is 14.5 Å². The lowest BCUT2D eigenvalue weighted by molar-refractivity contribution is -0.384. The molecule has 1 aromatic heterocycles. The van der Waals surface area contributed by atoms with Crippen LogP contribution >= 0.6 is 11.3 Å². The lowest BCUT2D eigenvalue weighted by Crippen LogP contribution is -2.39. The summed E-state index contributed by atoms with van der Waals surface area (Å²) in [5.74, 6) is -0.159. The average Bonchev–Trinajstić information content (AvgIpc) is 3.23. The van der Waals surface area contributed by atoms with Gasteiger partial charge >= 0.3 is 0 Å². The highest BCUT2D eigenvalue weighted by Gasteiger charge is 2.19. The van der Waals surface area contributed by atoms with Gasteiger partial charge in [0.25, 0.3) is 11.6 Å². The number of anilines is 1. The zero-order valence-corrected chi connectivity index (χ0v) is 20.2. The molecule has 9 heteroatoms. The zero-order valence-electron chi connectivity index (χ0n) is 19.4. The number of aromatic nitrogens is 1. The minimum atomic E-state index is -0.439. The van der Waals surface area contributed by atoms with Crippen molar-refractivity contribution in [3.05, 3.63) is 69.3 Å². The number of hydrogen-bond acceptors (Lipinski definition) is 7. The second-order valence-corrected chi connectivity index (χ2v) is 9.39. The SMILES string of the molecule is Cc1cc2nc(N(CCCN3CCOCC3)C(=O)/C=C/c3ccc([N+](=O)[O-])cc3)sc2cc1C. The number of ether oxygens (including phenoxy) is 1. The molecule has 0 bridgehead atoms. The standard InChI is InChI=1S/C25H28N4O4S/c1-18-16-22-23(17-19(18)2)34-25(26-22)28(11-3-10-27-12-14-33-15-13-27)24(30)9-6-20-4-7-21(8-5-20)29(31)32/h4-9,16-17H,3,10-15H2,1-2H3/b9-6+. The van der Waals surface area contributed by atoms with Gasteiger partial charge in [-0.25, -0.2) is 4.98 Å². The van der Waals surface area contributed by atoms with Gasteiger partial charge in [-0.1, -0.05) is 11.3 Å². The third-order valence-corrected chi connectivity index (χ3v) is 7.01. The van der Waals surface area contributed by atoms with Crippen LogP contribution in [0.5, 0.6) is 0 Å². The summed E-state index contributed by atoms with van der Waals surface area (Å²) in [6.45, 7) is 8.90. The largest absolute Gasteiger partial charge is 0.379 e. The number of nitrogens with zero attached hydrogens (tertiary/aromatic N) is 4. The number of morpholine rings is 1. The second-order valence-electron chi connectivity index (χ2n) is 8.38. The van der Waals surface area contributed by atoms with E-state index in [4.69, 9.17) is 9.72 Å². The highest BCUT2D eigenvalue weighted by molar-refractivity contribution is 7.22. The minimum Gasteiger partial charge on any atom is -0.379 e. The van der Waals surface area contributed by atoms with Crippen molar-refractivity contribution in [1.82, 2.24) is 9.88 Å². The van der Waals surface area contributed by atoms with Gasteiger partial charge in [-0.3, -0.25) is 24.7 Å². The van der Waals surface area contributed by atoms with Crippen LogP contribution in [0.15, 0.2) is 42.5 Å². The van der Waals surface area contributed by atoms with E-state index < -0.39 is 4.92 Å². The number of rotatable bonds is 8. The molecular weight excluding hydrogens is 452 g/mol. The van der Waals surface area contributed by atoms with E-state index in [0.29, 0.717) is 11.7 Å². The Kier molecular flexibility index (Phi) is 7.66. The molecule has 1 amide bonds. The van der Waals surface area contributed by atoms with E-state index in [2.05, 4.69) is 30.9 Å². The molecule has 3 aromatic rings. The van der Waals surface area contributed by atoms with Crippen LogP contribution in [-0.4, -0.2) is 60.1 Å². The molecule has 1 saturated heterocycles. The summed E-state index contributed by atoms with van der Waals surface area (Å²) < 4.78 is 6.48. The molecule has 2 aromatic carbocycles. The molecule has 0 aliphatic carbocycles. The van der Waals surface area contributed by atoms with Crippen LogP contribution in [0, 0.1) is 24.0 Å². The van der Waals surface area contributed by atoms with Crippen molar-refractivity contribution in [2.24, 2.45) is 0 Å². The van der Waals surface area contributed by atoms with Crippen molar-refractivity contribution in [1.29, 1.82) is 0 Å². The Balaban J connectivity index is 1.53. The van der Waals surface area contributed by atoms with Gasteiger partial charge in [0.05, 0.1) is 28.4 Å². The van der Waals surface area contributed by atoms with Crippen molar-refractivity contribution in [3.63, 3.8) is 0 Å². The average molecular weight is 481 g/mol. The third kappa shape index (κ3) is 5.85. The molecule has 34 heavy (non-hydrogen) atoms. The molecule has 0 saturated carbocycles. The van der Waals surface area contributed by atoms with Gasteiger partial charge in [0.15, 0.2) is 5.13 Å². The summed E-state index contributed by atoms with van der Waals surface area (Å²) in [4.78, 5) is 32.5. The predicted molar refractivity (Wildman–Crippen MR) is 135 cm³/mol. The highest BCUT2D eigenvalue weighted by atomic mass is 32.1. The number of carbonyl (C=O) groups is 1.